The fourth-order valence-electron chi connectivity index (χ4n) is 3.54. The monoisotopic (exact) mass is 543 g/mol. The van der Waals surface area contributed by atoms with Gasteiger partial charge in [0.05, 0.1) is 19.7 Å². The lowest BCUT2D eigenvalue weighted by atomic mass is 10.2. The summed E-state index contributed by atoms with van der Waals surface area (Å²) in [7, 11) is 0. The van der Waals surface area contributed by atoms with E-state index in [1.54, 1.807) is 0 Å². The van der Waals surface area contributed by atoms with E-state index in [1.807, 2.05) is 32.0 Å². The second-order valence-electron chi connectivity index (χ2n) is 8.52. The SMILES string of the molecule is CCNC(=NCc1ccccc1OCC1CC1)N1CCN(CC(=O)NC(C)C)CC1.I. The Morgan fingerprint density at radius 3 is 2.55 bits per heavy atom. The average Bonchev–Trinajstić information content (AvgIpc) is 3.55. The van der Waals surface area contributed by atoms with Gasteiger partial charge in [-0.2, -0.15) is 0 Å². The Morgan fingerprint density at radius 2 is 1.90 bits per heavy atom. The van der Waals surface area contributed by atoms with Crippen LogP contribution in [0.4, 0.5) is 0 Å². The topological polar surface area (TPSA) is 69.2 Å². The highest BCUT2D eigenvalue weighted by Gasteiger charge is 2.23. The van der Waals surface area contributed by atoms with E-state index < -0.39 is 0 Å². The van der Waals surface area contributed by atoms with Crippen LogP contribution in [0.5, 0.6) is 5.75 Å². The van der Waals surface area contributed by atoms with Gasteiger partial charge in [0.1, 0.15) is 5.75 Å². The molecule has 31 heavy (non-hydrogen) atoms. The van der Waals surface area contributed by atoms with E-state index in [0.29, 0.717) is 13.1 Å². The van der Waals surface area contributed by atoms with E-state index in [4.69, 9.17) is 9.73 Å². The third kappa shape index (κ3) is 8.84. The van der Waals surface area contributed by atoms with Crippen LogP contribution in [0.3, 0.4) is 0 Å². The molecule has 0 radical (unpaired) electrons. The molecule has 1 aromatic carbocycles. The van der Waals surface area contributed by atoms with Crippen molar-refractivity contribution in [2.24, 2.45) is 10.9 Å². The van der Waals surface area contributed by atoms with E-state index in [-0.39, 0.29) is 35.9 Å². The summed E-state index contributed by atoms with van der Waals surface area (Å²) in [5.41, 5.74) is 1.12. The smallest absolute Gasteiger partial charge is 0.234 e. The van der Waals surface area contributed by atoms with Gasteiger partial charge in [-0.3, -0.25) is 9.69 Å². The number of ether oxygens (including phenoxy) is 1. The summed E-state index contributed by atoms with van der Waals surface area (Å²) in [6.45, 7) is 12.2. The van der Waals surface area contributed by atoms with Crippen LogP contribution in [-0.4, -0.2) is 73.6 Å². The molecule has 1 aromatic rings. The normalized spacial score (nSPS) is 17.3. The number of amides is 1. The van der Waals surface area contributed by atoms with Crippen molar-refractivity contribution < 1.29 is 9.53 Å². The van der Waals surface area contributed by atoms with Gasteiger partial charge >= 0.3 is 0 Å². The van der Waals surface area contributed by atoms with Gasteiger partial charge in [-0.25, -0.2) is 4.99 Å². The predicted octanol–water partition coefficient (Wildman–Crippen LogP) is 2.70. The molecule has 0 unspecified atom stereocenters. The number of nitrogens with zero attached hydrogens (tertiary/aromatic N) is 3. The second kappa shape index (κ2) is 13.1. The van der Waals surface area contributed by atoms with Crippen LogP contribution in [0.25, 0.3) is 0 Å². The van der Waals surface area contributed by atoms with Gasteiger partial charge in [-0.1, -0.05) is 18.2 Å². The highest BCUT2D eigenvalue weighted by atomic mass is 127. The van der Waals surface area contributed by atoms with E-state index in [9.17, 15) is 4.79 Å². The zero-order chi connectivity index (χ0) is 21.3. The molecule has 1 aliphatic heterocycles. The Bertz CT molecular complexity index is 716. The molecule has 0 bridgehead atoms. The Labute approximate surface area is 204 Å². The number of carbonyl (C=O) groups excluding carboxylic acids is 1. The molecule has 7 nitrogen and oxygen atoms in total. The lowest BCUT2D eigenvalue weighted by Gasteiger charge is -2.36. The fraction of sp³-hybridized carbons (Fsp3) is 0.652. The van der Waals surface area contributed by atoms with Gasteiger partial charge < -0.3 is 20.3 Å². The van der Waals surface area contributed by atoms with Crippen molar-refractivity contribution in [3.8, 4) is 5.75 Å². The van der Waals surface area contributed by atoms with Gasteiger partial charge in [-0.05, 0) is 45.6 Å². The van der Waals surface area contributed by atoms with Crippen molar-refractivity contribution in [3.05, 3.63) is 29.8 Å². The Balaban J connectivity index is 0.00000341. The van der Waals surface area contributed by atoms with Crippen molar-refractivity contribution in [2.75, 3.05) is 45.9 Å². The maximum absolute atomic E-state index is 12.0. The third-order valence-corrected chi connectivity index (χ3v) is 5.37. The number of rotatable bonds is 9. The van der Waals surface area contributed by atoms with E-state index in [1.165, 1.54) is 12.8 Å². The van der Waals surface area contributed by atoms with Crippen LogP contribution in [0, 0.1) is 5.92 Å². The highest BCUT2D eigenvalue weighted by molar-refractivity contribution is 14.0. The van der Waals surface area contributed by atoms with Gasteiger partial charge in [0, 0.05) is 44.3 Å². The number of carbonyl (C=O) groups is 1. The first kappa shape index (κ1) is 25.7. The molecule has 0 atom stereocenters. The minimum atomic E-state index is 0. The first-order chi connectivity index (χ1) is 14.5. The molecule has 0 spiro atoms. The molecule has 1 aliphatic carbocycles. The number of benzene rings is 1. The molecular formula is C23H38IN5O2. The molecule has 8 heteroatoms. The quantitative estimate of drug-likeness (QED) is 0.285. The summed E-state index contributed by atoms with van der Waals surface area (Å²) in [5.74, 6) is 2.71. The lowest BCUT2D eigenvalue weighted by molar-refractivity contribution is -0.123. The molecule has 2 aliphatic rings. The minimum absolute atomic E-state index is 0. The molecular weight excluding hydrogens is 505 g/mol. The van der Waals surface area contributed by atoms with Crippen LogP contribution in [0.2, 0.25) is 0 Å². The summed E-state index contributed by atoms with van der Waals surface area (Å²) >= 11 is 0. The van der Waals surface area contributed by atoms with Crippen molar-refractivity contribution in [1.29, 1.82) is 0 Å². The van der Waals surface area contributed by atoms with Crippen LogP contribution in [0.1, 0.15) is 39.2 Å². The van der Waals surface area contributed by atoms with Crippen LogP contribution >= 0.6 is 24.0 Å². The van der Waals surface area contributed by atoms with Gasteiger partial charge in [0.2, 0.25) is 5.91 Å². The number of hydrogen-bond acceptors (Lipinski definition) is 4. The molecule has 2 fully saturated rings. The summed E-state index contributed by atoms with van der Waals surface area (Å²) in [4.78, 5) is 21.4. The van der Waals surface area contributed by atoms with Gasteiger partial charge in [0.25, 0.3) is 0 Å². The Hall–Kier alpha value is -1.55. The Morgan fingerprint density at radius 1 is 1.19 bits per heavy atom. The third-order valence-electron chi connectivity index (χ3n) is 5.37. The lowest BCUT2D eigenvalue weighted by Crippen LogP contribution is -2.54. The molecule has 3 rings (SSSR count). The van der Waals surface area contributed by atoms with Gasteiger partial charge in [0.15, 0.2) is 5.96 Å². The first-order valence-corrected chi connectivity index (χ1v) is 11.3. The molecule has 1 amide bonds. The van der Waals surface area contributed by atoms with Crippen LogP contribution < -0.4 is 15.4 Å². The predicted molar refractivity (Wildman–Crippen MR) is 136 cm³/mol. The molecule has 0 aromatic heterocycles. The zero-order valence-electron chi connectivity index (χ0n) is 19.1. The van der Waals surface area contributed by atoms with Crippen molar-refractivity contribution in [1.82, 2.24) is 20.4 Å². The second-order valence-corrected chi connectivity index (χ2v) is 8.52. The number of piperazine rings is 1. The van der Waals surface area contributed by atoms with E-state index in [0.717, 1.165) is 62.5 Å². The standard InChI is InChI=1S/C23H37N5O2.HI/c1-4-24-23(28-13-11-27(12-14-28)16-22(29)26-18(2)3)25-15-20-7-5-6-8-21(20)30-17-19-9-10-19;/h5-8,18-19H,4,9-17H2,1-3H3,(H,24,25)(H,26,29);1H. The highest BCUT2D eigenvalue weighted by Crippen LogP contribution is 2.30. The molecule has 1 heterocycles. The number of guanidine groups is 1. The summed E-state index contributed by atoms with van der Waals surface area (Å²) in [6.07, 6.45) is 2.58. The van der Waals surface area contributed by atoms with Crippen LogP contribution in [-0.2, 0) is 11.3 Å². The maximum Gasteiger partial charge on any atom is 0.234 e. The largest absolute Gasteiger partial charge is 0.493 e. The number of para-hydroxylation sites is 1. The van der Waals surface area contributed by atoms with E-state index >= 15 is 0 Å². The number of hydrogen-bond donors (Lipinski definition) is 2. The average molecular weight is 543 g/mol. The zero-order valence-corrected chi connectivity index (χ0v) is 21.4. The van der Waals surface area contributed by atoms with Gasteiger partial charge in [-0.15, -0.1) is 24.0 Å². The maximum atomic E-state index is 12.0. The minimum Gasteiger partial charge on any atom is -0.493 e. The van der Waals surface area contributed by atoms with Crippen molar-refractivity contribution >= 4 is 35.8 Å². The van der Waals surface area contributed by atoms with Crippen molar-refractivity contribution in [2.45, 2.75) is 46.2 Å². The number of halogens is 1. The van der Waals surface area contributed by atoms with Crippen molar-refractivity contribution in [3.63, 3.8) is 0 Å². The molecule has 1 saturated heterocycles. The van der Waals surface area contributed by atoms with Crippen LogP contribution in [0.15, 0.2) is 29.3 Å². The summed E-state index contributed by atoms with van der Waals surface area (Å²) in [5, 5.41) is 6.39. The fourth-order valence-corrected chi connectivity index (χ4v) is 3.54. The molecule has 2 N–H and O–H groups in total. The summed E-state index contributed by atoms with van der Waals surface area (Å²) < 4.78 is 6.03. The molecule has 1 saturated carbocycles. The van der Waals surface area contributed by atoms with E-state index in [2.05, 4.69) is 33.4 Å². The molecule has 174 valence electrons. The number of aliphatic imine (C=N–C) groups is 1. The Kier molecular flexibility index (Phi) is 10.9. The number of nitrogens with one attached hydrogen (secondary N) is 2. The summed E-state index contributed by atoms with van der Waals surface area (Å²) in [6, 6.07) is 8.39. The first-order valence-electron chi connectivity index (χ1n) is 11.3.